The molecule has 6 nitrogen and oxygen atoms in total. The van der Waals surface area contributed by atoms with Gasteiger partial charge >= 0.3 is 0 Å². The van der Waals surface area contributed by atoms with E-state index in [4.69, 9.17) is 4.52 Å². The average Bonchev–Trinajstić information content (AvgIpc) is 2.83. The predicted molar refractivity (Wildman–Crippen MR) is 58.5 cm³/mol. The van der Waals surface area contributed by atoms with Crippen LogP contribution in [0.1, 0.15) is 19.7 Å². The van der Waals surface area contributed by atoms with Crippen LogP contribution in [0, 0.1) is 0 Å². The number of nitrogens with one attached hydrogen (secondary N) is 1. The number of rotatable bonds is 4. The molecule has 2 heterocycles. The van der Waals surface area contributed by atoms with Crippen LogP contribution >= 0.6 is 0 Å². The van der Waals surface area contributed by atoms with Gasteiger partial charge in [-0.25, -0.2) is 4.98 Å². The molecule has 0 bridgehead atoms. The van der Waals surface area contributed by atoms with Gasteiger partial charge in [-0.05, 0) is 0 Å². The van der Waals surface area contributed by atoms with Crippen molar-refractivity contribution in [3.63, 3.8) is 0 Å². The van der Waals surface area contributed by atoms with Crippen LogP contribution in [-0.2, 0) is 13.6 Å². The van der Waals surface area contributed by atoms with Gasteiger partial charge in [0.15, 0.2) is 5.82 Å². The van der Waals surface area contributed by atoms with Crippen LogP contribution in [0.2, 0.25) is 0 Å². The summed E-state index contributed by atoms with van der Waals surface area (Å²) in [6.07, 6.45) is 3.40. The topological polar surface area (TPSA) is 68.8 Å². The predicted octanol–water partition coefficient (Wildman–Crippen LogP) is 0.968. The van der Waals surface area contributed by atoms with Gasteiger partial charge in [0.2, 0.25) is 0 Å². The lowest BCUT2D eigenvalue weighted by Crippen LogP contribution is -2.22. The molecule has 0 aliphatic heterocycles. The summed E-state index contributed by atoms with van der Waals surface area (Å²) in [5, 5.41) is 7.12. The third-order valence-electron chi connectivity index (χ3n) is 2.17. The van der Waals surface area contributed by atoms with E-state index in [0.29, 0.717) is 24.3 Å². The summed E-state index contributed by atoms with van der Waals surface area (Å²) in [7, 11) is 1.89. The van der Waals surface area contributed by atoms with E-state index in [1.165, 1.54) is 0 Å². The monoisotopic (exact) mass is 221 g/mol. The number of hydrogen-bond donors (Lipinski definition) is 1. The van der Waals surface area contributed by atoms with Gasteiger partial charge in [0.25, 0.3) is 5.89 Å². The maximum atomic E-state index is 5.16. The standard InChI is InChI=1S/C10H15N5O/c1-7(2)12-5-9-13-10(16-14-9)8-4-11-6-15(8)3/h4,6-7,12H,5H2,1-3H3. The first-order valence-corrected chi connectivity index (χ1v) is 5.19. The van der Waals surface area contributed by atoms with Crippen molar-refractivity contribution in [1.29, 1.82) is 0 Å². The zero-order valence-corrected chi connectivity index (χ0v) is 9.64. The summed E-state index contributed by atoms with van der Waals surface area (Å²) in [4.78, 5) is 8.29. The minimum atomic E-state index is 0.402. The highest BCUT2D eigenvalue weighted by Gasteiger charge is 2.11. The lowest BCUT2D eigenvalue weighted by molar-refractivity contribution is 0.415. The Hall–Kier alpha value is -1.69. The summed E-state index contributed by atoms with van der Waals surface area (Å²) in [6, 6.07) is 0.402. The second-order valence-corrected chi connectivity index (χ2v) is 3.94. The second-order valence-electron chi connectivity index (χ2n) is 3.94. The third-order valence-corrected chi connectivity index (χ3v) is 2.17. The van der Waals surface area contributed by atoms with E-state index in [9.17, 15) is 0 Å². The molecule has 0 spiro atoms. The highest BCUT2D eigenvalue weighted by atomic mass is 16.5. The quantitative estimate of drug-likeness (QED) is 0.833. The average molecular weight is 221 g/mol. The molecule has 2 aromatic heterocycles. The van der Waals surface area contributed by atoms with Crippen molar-refractivity contribution >= 4 is 0 Å². The van der Waals surface area contributed by atoms with Gasteiger partial charge < -0.3 is 14.4 Å². The molecule has 0 amide bonds. The molecule has 0 saturated carbocycles. The fourth-order valence-corrected chi connectivity index (χ4v) is 1.29. The van der Waals surface area contributed by atoms with Gasteiger partial charge in [-0.2, -0.15) is 4.98 Å². The van der Waals surface area contributed by atoms with Crippen LogP contribution in [0.5, 0.6) is 0 Å². The van der Waals surface area contributed by atoms with Gasteiger partial charge in [-0.15, -0.1) is 0 Å². The highest BCUT2D eigenvalue weighted by molar-refractivity contribution is 5.45. The summed E-state index contributed by atoms with van der Waals surface area (Å²) < 4.78 is 7.00. The molecule has 2 aromatic rings. The van der Waals surface area contributed by atoms with Crippen molar-refractivity contribution in [2.24, 2.45) is 7.05 Å². The van der Waals surface area contributed by atoms with E-state index in [1.807, 2.05) is 11.6 Å². The van der Waals surface area contributed by atoms with Gasteiger partial charge in [-0.3, -0.25) is 0 Å². The van der Waals surface area contributed by atoms with Crippen LogP contribution in [-0.4, -0.2) is 25.7 Å². The second kappa shape index (κ2) is 4.44. The molecule has 0 unspecified atom stereocenters. The van der Waals surface area contributed by atoms with Crippen molar-refractivity contribution in [3.8, 4) is 11.6 Å². The van der Waals surface area contributed by atoms with Gasteiger partial charge in [0.1, 0.15) is 5.69 Å². The Morgan fingerprint density at radius 2 is 2.31 bits per heavy atom. The molecule has 0 aromatic carbocycles. The minimum absolute atomic E-state index is 0.402. The van der Waals surface area contributed by atoms with Gasteiger partial charge in [-0.1, -0.05) is 19.0 Å². The molecule has 2 rings (SSSR count). The van der Waals surface area contributed by atoms with E-state index in [2.05, 4.69) is 34.3 Å². The number of nitrogens with zero attached hydrogens (tertiary/aromatic N) is 4. The Balaban J connectivity index is 2.11. The molecular formula is C10H15N5O. The smallest absolute Gasteiger partial charge is 0.276 e. The number of aryl methyl sites for hydroxylation is 1. The Labute approximate surface area is 93.7 Å². The van der Waals surface area contributed by atoms with Crippen molar-refractivity contribution in [2.75, 3.05) is 0 Å². The summed E-state index contributed by atoms with van der Waals surface area (Å²) in [6.45, 7) is 4.75. The van der Waals surface area contributed by atoms with Crippen molar-refractivity contribution < 1.29 is 4.52 Å². The first kappa shape index (κ1) is 10.8. The molecule has 0 aliphatic rings. The van der Waals surface area contributed by atoms with Crippen LogP contribution < -0.4 is 5.32 Å². The number of hydrogen-bond acceptors (Lipinski definition) is 5. The van der Waals surface area contributed by atoms with Gasteiger partial charge in [0, 0.05) is 13.1 Å². The Bertz CT molecular complexity index is 459. The number of imidazole rings is 1. The summed E-state index contributed by atoms with van der Waals surface area (Å²) in [5.74, 6) is 1.16. The van der Waals surface area contributed by atoms with Gasteiger partial charge in [0.05, 0.1) is 19.1 Å². The zero-order chi connectivity index (χ0) is 11.5. The van der Waals surface area contributed by atoms with Crippen LogP contribution in [0.3, 0.4) is 0 Å². The largest absolute Gasteiger partial charge is 0.332 e. The minimum Gasteiger partial charge on any atom is -0.332 e. The number of aromatic nitrogens is 4. The molecule has 0 radical (unpaired) electrons. The lowest BCUT2D eigenvalue weighted by atomic mass is 10.4. The first-order valence-electron chi connectivity index (χ1n) is 5.19. The fraction of sp³-hybridized carbons (Fsp3) is 0.500. The SMILES string of the molecule is CC(C)NCc1noc(-c2cncn2C)n1. The molecular weight excluding hydrogens is 206 g/mol. The molecule has 1 N–H and O–H groups in total. The van der Waals surface area contributed by atoms with Crippen molar-refractivity contribution in [1.82, 2.24) is 25.0 Å². The lowest BCUT2D eigenvalue weighted by Gasteiger charge is -2.03. The first-order chi connectivity index (χ1) is 7.66. The Morgan fingerprint density at radius 1 is 1.50 bits per heavy atom. The van der Waals surface area contributed by atoms with E-state index < -0.39 is 0 Å². The van der Waals surface area contributed by atoms with Crippen molar-refractivity contribution in [2.45, 2.75) is 26.4 Å². The highest BCUT2D eigenvalue weighted by Crippen LogP contribution is 2.14. The van der Waals surface area contributed by atoms with Crippen LogP contribution in [0.25, 0.3) is 11.6 Å². The molecule has 6 heteroatoms. The maximum absolute atomic E-state index is 5.16. The van der Waals surface area contributed by atoms with E-state index in [1.54, 1.807) is 12.5 Å². The van der Waals surface area contributed by atoms with E-state index >= 15 is 0 Å². The third kappa shape index (κ3) is 2.27. The molecule has 0 saturated heterocycles. The normalized spacial score (nSPS) is 11.2. The molecule has 0 atom stereocenters. The van der Waals surface area contributed by atoms with E-state index in [0.717, 1.165) is 5.69 Å². The fourth-order valence-electron chi connectivity index (χ4n) is 1.29. The maximum Gasteiger partial charge on any atom is 0.276 e. The summed E-state index contributed by atoms with van der Waals surface area (Å²) in [5.41, 5.74) is 0.822. The summed E-state index contributed by atoms with van der Waals surface area (Å²) >= 11 is 0. The molecule has 0 aliphatic carbocycles. The molecule has 86 valence electrons. The molecule has 16 heavy (non-hydrogen) atoms. The zero-order valence-electron chi connectivity index (χ0n) is 9.64. The van der Waals surface area contributed by atoms with E-state index in [-0.39, 0.29) is 0 Å². The van der Waals surface area contributed by atoms with Crippen LogP contribution in [0.15, 0.2) is 17.0 Å². The van der Waals surface area contributed by atoms with Crippen molar-refractivity contribution in [3.05, 3.63) is 18.3 Å². The van der Waals surface area contributed by atoms with Crippen LogP contribution in [0.4, 0.5) is 0 Å². The Kier molecular flexibility index (Phi) is 3.00. The molecule has 0 fully saturated rings. The Morgan fingerprint density at radius 3 is 2.94 bits per heavy atom.